The fourth-order valence-corrected chi connectivity index (χ4v) is 7.08. The SMILES string of the molecule is Cc1ccc2c3ccccc3c3ccccc3c2c1-c1c(C)c2c3c4c(cccc14)C=CC3CC=C2. The Labute approximate surface area is 211 Å². The van der Waals surface area contributed by atoms with Gasteiger partial charge in [-0.1, -0.05) is 103 Å². The monoisotopic (exact) mass is 458 g/mol. The predicted molar refractivity (Wildman–Crippen MR) is 157 cm³/mol. The molecule has 0 amide bonds. The third-order valence-corrected chi connectivity index (χ3v) is 8.63. The van der Waals surface area contributed by atoms with E-state index in [2.05, 4.69) is 117 Å². The molecule has 0 aliphatic heterocycles. The second kappa shape index (κ2) is 7.18. The third kappa shape index (κ3) is 2.49. The lowest BCUT2D eigenvalue weighted by Crippen LogP contribution is -2.09. The minimum Gasteiger partial charge on any atom is -0.0830 e. The highest BCUT2D eigenvalue weighted by Crippen LogP contribution is 2.50. The Morgan fingerprint density at radius 2 is 1.25 bits per heavy atom. The summed E-state index contributed by atoms with van der Waals surface area (Å²) in [6.45, 7) is 4.64. The lowest BCUT2D eigenvalue weighted by molar-refractivity contribution is 0.859. The zero-order valence-corrected chi connectivity index (χ0v) is 20.6. The van der Waals surface area contributed by atoms with Gasteiger partial charge in [0.05, 0.1) is 0 Å². The number of rotatable bonds is 1. The van der Waals surface area contributed by atoms with Crippen molar-refractivity contribution in [3.63, 3.8) is 0 Å². The van der Waals surface area contributed by atoms with Crippen LogP contribution in [0.15, 0.2) is 91.0 Å². The number of aryl methyl sites for hydroxylation is 1. The zero-order chi connectivity index (χ0) is 24.0. The molecule has 6 aromatic carbocycles. The largest absolute Gasteiger partial charge is 0.0830 e. The number of hydrogen-bond donors (Lipinski definition) is 0. The van der Waals surface area contributed by atoms with Crippen LogP contribution in [0, 0.1) is 13.8 Å². The highest BCUT2D eigenvalue weighted by Gasteiger charge is 2.27. The molecule has 0 heterocycles. The molecular weight excluding hydrogens is 432 g/mol. The molecule has 0 heteroatoms. The van der Waals surface area contributed by atoms with Gasteiger partial charge in [0.1, 0.15) is 0 Å². The van der Waals surface area contributed by atoms with Gasteiger partial charge in [-0.15, -0.1) is 0 Å². The van der Waals surface area contributed by atoms with Crippen molar-refractivity contribution in [3.05, 3.63) is 119 Å². The molecule has 0 bridgehead atoms. The van der Waals surface area contributed by atoms with E-state index in [1.165, 1.54) is 82.0 Å². The van der Waals surface area contributed by atoms with Gasteiger partial charge in [0.15, 0.2) is 0 Å². The van der Waals surface area contributed by atoms with Crippen molar-refractivity contribution in [2.24, 2.45) is 0 Å². The van der Waals surface area contributed by atoms with Crippen LogP contribution in [0.2, 0.25) is 0 Å². The molecule has 1 atom stereocenters. The maximum absolute atomic E-state index is 2.41. The molecule has 0 spiro atoms. The first-order valence-corrected chi connectivity index (χ1v) is 13.0. The van der Waals surface area contributed by atoms with Crippen LogP contribution in [-0.2, 0) is 0 Å². The Morgan fingerprint density at radius 3 is 2.03 bits per heavy atom. The van der Waals surface area contributed by atoms with E-state index in [1.807, 2.05) is 0 Å². The lowest BCUT2D eigenvalue weighted by Gasteiger charge is -2.30. The van der Waals surface area contributed by atoms with Crippen molar-refractivity contribution >= 4 is 55.2 Å². The summed E-state index contributed by atoms with van der Waals surface area (Å²) < 4.78 is 0. The molecule has 170 valence electrons. The first kappa shape index (κ1) is 20.1. The Kier molecular flexibility index (Phi) is 4.00. The van der Waals surface area contributed by atoms with Gasteiger partial charge in [0.2, 0.25) is 0 Å². The van der Waals surface area contributed by atoms with E-state index >= 15 is 0 Å². The van der Waals surface area contributed by atoms with Gasteiger partial charge >= 0.3 is 0 Å². The van der Waals surface area contributed by atoms with Gasteiger partial charge in [-0.25, -0.2) is 0 Å². The molecule has 0 saturated carbocycles. The average Bonchev–Trinajstić information content (AvgIpc) is 2.93. The molecule has 2 aliphatic carbocycles. The van der Waals surface area contributed by atoms with Crippen LogP contribution in [0.3, 0.4) is 0 Å². The molecular formula is C36H26. The van der Waals surface area contributed by atoms with Gasteiger partial charge in [-0.3, -0.25) is 0 Å². The van der Waals surface area contributed by atoms with Crippen LogP contribution in [0.4, 0.5) is 0 Å². The fraction of sp³-hybridized carbons (Fsp3) is 0.111. The smallest absolute Gasteiger partial charge is 0.00683 e. The molecule has 1 unspecified atom stereocenters. The standard InChI is InChI=1S/C36H26/c1-21-17-20-30-28-13-4-3-11-26(28)27-12-5-6-14-29(27)36(30)32(21)33-22(2)25-15-7-9-23-18-19-24-10-8-16-31(33)35(24)34(23)25/h3-8,10-20,23H,9H2,1-2H3. The van der Waals surface area contributed by atoms with E-state index in [9.17, 15) is 0 Å². The Morgan fingerprint density at radius 1 is 0.583 bits per heavy atom. The summed E-state index contributed by atoms with van der Waals surface area (Å²) in [5, 5.41) is 10.9. The van der Waals surface area contributed by atoms with E-state index in [-0.39, 0.29) is 0 Å². The topological polar surface area (TPSA) is 0 Å². The van der Waals surface area contributed by atoms with Crippen LogP contribution >= 0.6 is 0 Å². The molecule has 0 N–H and O–H groups in total. The van der Waals surface area contributed by atoms with Crippen LogP contribution in [-0.4, -0.2) is 0 Å². The van der Waals surface area contributed by atoms with Crippen LogP contribution in [0.25, 0.3) is 66.4 Å². The Bertz CT molecular complexity index is 1950. The van der Waals surface area contributed by atoms with Gasteiger partial charge in [-0.2, -0.15) is 0 Å². The maximum Gasteiger partial charge on any atom is 0.00683 e. The zero-order valence-electron chi connectivity index (χ0n) is 20.6. The molecule has 0 aromatic heterocycles. The predicted octanol–water partition coefficient (Wildman–Crippen LogP) is 10.1. The Balaban J connectivity index is 1.65. The van der Waals surface area contributed by atoms with Gasteiger partial charge < -0.3 is 0 Å². The van der Waals surface area contributed by atoms with E-state index in [0.29, 0.717) is 5.92 Å². The summed E-state index contributed by atoms with van der Waals surface area (Å²) >= 11 is 0. The number of hydrogen-bond acceptors (Lipinski definition) is 0. The quantitative estimate of drug-likeness (QED) is 0.215. The van der Waals surface area contributed by atoms with Crippen molar-refractivity contribution in [2.45, 2.75) is 26.2 Å². The van der Waals surface area contributed by atoms with E-state index < -0.39 is 0 Å². The lowest BCUT2D eigenvalue weighted by atomic mass is 9.74. The minimum atomic E-state index is 0.480. The molecule has 6 aromatic rings. The summed E-state index contributed by atoms with van der Waals surface area (Å²) in [5.74, 6) is 0.480. The molecule has 8 rings (SSSR count). The third-order valence-electron chi connectivity index (χ3n) is 8.63. The van der Waals surface area contributed by atoms with Crippen LogP contribution in [0.5, 0.6) is 0 Å². The van der Waals surface area contributed by atoms with Crippen molar-refractivity contribution in [3.8, 4) is 11.1 Å². The number of fused-ring (bicyclic) bond motifs is 6. The van der Waals surface area contributed by atoms with Crippen LogP contribution in [0.1, 0.15) is 40.2 Å². The molecule has 2 aliphatic rings. The van der Waals surface area contributed by atoms with Crippen molar-refractivity contribution < 1.29 is 0 Å². The molecule has 0 radical (unpaired) electrons. The first-order valence-electron chi connectivity index (χ1n) is 13.0. The first-order chi connectivity index (χ1) is 17.7. The second-order valence-electron chi connectivity index (χ2n) is 10.5. The fourth-order valence-electron chi connectivity index (χ4n) is 7.08. The summed E-state index contributed by atoms with van der Waals surface area (Å²) in [4.78, 5) is 0. The summed E-state index contributed by atoms with van der Waals surface area (Å²) in [6, 6.07) is 29.4. The summed E-state index contributed by atoms with van der Waals surface area (Å²) in [6.07, 6.45) is 10.6. The summed E-state index contributed by atoms with van der Waals surface area (Å²) in [7, 11) is 0. The van der Waals surface area contributed by atoms with Crippen molar-refractivity contribution in [1.82, 2.24) is 0 Å². The summed E-state index contributed by atoms with van der Waals surface area (Å²) in [5.41, 5.74) is 9.82. The minimum absolute atomic E-state index is 0.480. The molecule has 36 heavy (non-hydrogen) atoms. The van der Waals surface area contributed by atoms with Crippen LogP contribution < -0.4 is 0 Å². The van der Waals surface area contributed by atoms with Gasteiger partial charge in [-0.05, 0) is 102 Å². The van der Waals surface area contributed by atoms with E-state index in [1.54, 1.807) is 0 Å². The molecule has 0 nitrogen and oxygen atoms in total. The number of benzene rings is 6. The van der Waals surface area contributed by atoms with E-state index in [4.69, 9.17) is 0 Å². The normalized spacial score (nSPS) is 16.0. The molecule has 0 saturated heterocycles. The average molecular weight is 459 g/mol. The molecule has 0 fully saturated rings. The van der Waals surface area contributed by atoms with Crippen molar-refractivity contribution in [2.75, 3.05) is 0 Å². The highest BCUT2D eigenvalue weighted by atomic mass is 14.3. The van der Waals surface area contributed by atoms with Crippen molar-refractivity contribution in [1.29, 1.82) is 0 Å². The second-order valence-corrected chi connectivity index (χ2v) is 10.5. The van der Waals surface area contributed by atoms with Gasteiger partial charge in [0.25, 0.3) is 0 Å². The Hall–Kier alpha value is -4.16. The highest BCUT2D eigenvalue weighted by molar-refractivity contribution is 6.30. The van der Waals surface area contributed by atoms with Gasteiger partial charge in [0, 0.05) is 5.92 Å². The number of allylic oxidation sites excluding steroid dienone is 2. The maximum atomic E-state index is 2.41. The van der Waals surface area contributed by atoms with E-state index in [0.717, 1.165) is 6.42 Å².